The van der Waals surface area contributed by atoms with Gasteiger partial charge in [-0.25, -0.2) is 13.6 Å². The number of hydrogen-bond acceptors (Lipinski definition) is 4. The lowest BCUT2D eigenvalue weighted by Gasteiger charge is -2.35. The van der Waals surface area contributed by atoms with Crippen LogP contribution in [0.3, 0.4) is 0 Å². The molecule has 2 N–H and O–H groups in total. The van der Waals surface area contributed by atoms with Crippen molar-refractivity contribution in [1.29, 1.82) is 0 Å². The number of aliphatic hydroxyl groups is 1. The summed E-state index contributed by atoms with van der Waals surface area (Å²) in [5.41, 5.74) is -0.693. The van der Waals surface area contributed by atoms with Gasteiger partial charge in [0, 0.05) is 26.0 Å². The molecule has 1 aliphatic rings. The Balaban J connectivity index is 2.63. The Bertz CT molecular complexity index is 410. The topological polar surface area (TPSA) is 78.9 Å². The summed E-state index contributed by atoms with van der Waals surface area (Å²) in [6.07, 6.45) is -1.23. The summed E-state index contributed by atoms with van der Waals surface area (Å²) >= 11 is 0. The van der Waals surface area contributed by atoms with Crippen LogP contribution in [0.25, 0.3) is 0 Å². The van der Waals surface area contributed by atoms with Crippen LogP contribution < -0.4 is 5.32 Å². The van der Waals surface area contributed by atoms with E-state index in [1.807, 2.05) is 0 Å². The molecule has 1 fully saturated rings. The summed E-state index contributed by atoms with van der Waals surface area (Å²) < 4.78 is 31.9. The Labute approximate surface area is 128 Å². The van der Waals surface area contributed by atoms with E-state index in [9.17, 15) is 18.4 Å². The molecule has 1 atom stereocenters. The van der Waals surface area contributed by atoms with Gasteiger partial charge in [-0.3, -0.25) is 4.79 Å². The first kappa shape index (κ1) is 18.6. The van der Waals surface area contributed by atoms with Crippen LogP contribution >= 0.6 is 0 Å². The number of nitrogens with zero attached hydrogens (tertiary/aromatic N) is 1. The second-order valence-corrected chi connectivity index (χ2v) is 6.49. The van der Waals surface area contributed by atoms with E-state index >= 15 is 0 Å². The molecule has 0 aromatic heterocycles. The van der Waals surface area contributed by atoms with E-state index in [4.69, 9.17) is 9.84 Å². The van der Waals surface area contributed by atoms with Crippen LogP contribution in [0.1, 0.15) is 40.0 Å². The second-order valence-electron chi connectivity index (χ2n) is 6.49. The number of aliphatic hydroxyl groups excluding tert-OH is 1. The van der Waals surface area contributed by atoms with Crippen molar-refractivity contribution in [3.8, 4) is 0 Å². The zero-order valence-corrected chi connectivity index (χ0v) is 13.2. The molecule has 0 radical (unpaired) electrons. The minimum Gasteiger partial charge on any atom is -0.444 e. The molecular weight excluding hydrogens is 298 g/mol. The Morgan fingerprint density at radius 2 is 2.14 bits per heavy atom. The van der Waals surface area contributed by atoms with Crippen LogP contribution in [-0.2, 0) is 9.53 Å². The number of halogens is 2. The van der Waals surface area contributed by atoms with E-state index in [0.717, 1.165) is 4.90 Å². The third-order valence-electron chi connectivity index (χ3n) is 3.12. The van der Waals surface area contributed by atoms with Gasteiger partial charge >= 0.3 is 6.09 Å². The maximum Gasteiger partial charge on any atom is 0.407 e. The van der Waals surface area contributed by atoms with Gasteiger partial charge in [-0.1, -0.05) is 0 Å². The molecule has 22 heavy (non-hydrogen) atoms. The predicted molar refractivity (Wildman–Crippen MR) is 75.6 cm³/mol. The molecule has 1 heterocycles. The molecule has 0 saturated carbocycles. The average Bonchev–Trinajstić information content (AvgIpc) is 2.31. The third kappa shape index (κ3) is 6.55. The van der Waals surface area contributed by atoms with Crippen molar-refractivity contribution in [2.45, 2.75) is 57.6 Å². The number of likely N-dealkylation sites (tertiary alicyclic amines) is 1. The number of alkyl carbamates (subject to hydrolysis) is 1. The van der Waals surface area contributed by atoms with Crippen molar-refractivity contribution in [1.82, 2.24) is 10.2 Å². The van der Waals surface area contributed by atoms with Crippen LogP contribution in [0.5, 0.6) is 0 Å². The van der Waals surface area contributed by atoms with E-state index < -0.39 is 36.6 Å². The molecule has 128 valence electrons. The van der Waals surface area contributed by atoms with Gasteiger partial charge in [0.2, 0.25) is 5.91 Å². The van der Waals surface area contributed by atoms with E-state index in [1.165, 1.54) is 0 Å². The van der Waals surface area contributed by atoms with Gasteiger partial charge in [0.1, 0.15) is 5.60 Å². The summed E-state index contributed by atoms with van der Waals surface area (Å²) in [5.74, 6) is -3.29. The molecule has 0 aromatic rings. The van der Waals surface area contributed by atoms with Crippen molar-refractivity contribution >= 4 is 12.0 Å². The molecule has 1 rings (SSSR count). The van der Waals surface area contributed by atoms with Crippen molar-refractivity contribution in [3.05, 3.63) is 0 Å². The van der Waals surface area contributed by atoms with Crippen LogP contribution in [0, 0.1) is 0 Å². The van der Waals surface area contributed by atoms with Crippen LogP contribution in [0.15, 0.2) is 0 Å². The molecule has 1 saturated heterocycles. The fraction of sp³-hybridized carbons (Fsp3) is 0.857. The first-order chi connectivity index (χ1) is 10.0. The number of carbonyl (C=O) groups is 2. The standard InChI is InChI=1S/C14H24F2N2O4/c1-13(2,3)22-12(21)17-10(5-7-19)8-18-9-14(15,16)6-4-11(18)20/h10,19H,4-9H2,1-3H3,(H,17,21)/t10-/m0/s1. The number of ether oxygens (including phenoxy) is 1. The number of alkyl halides is 2. The SMILES string of the molecule is CC(C)(C)OC(=O)N[C@@H](CCO)CN1CC(F)(F)CCC1=O. The number of carbonyl (C=O) groups excluding carboxylic acids is 2. The second kappa shape index (κ2) is 7.21. The Morgan fingerprint density at radius 3 is 2.68 bits per heavy atom. The highest BCUT2D eigenvalue weighted by Crippen LogP contribution is 2.27. The lowest BCUT2D eigenvalue weighted by atomic mass is 10.1. The number of hydrogen-bond donors (Lipinski definition) is 2. The number of amides is 2. The van der Waals surface area contributed by atoms with Crippen molar-refractivity contribution in [3.63, 3.8) is 0 Å². The Hall–Kier alpha value is -1.44. The van der Waals surface area contributed by atoms with E-state index in [2.05, 4.69) is 5.32 Å². The fourth-order valence-corrected chi connectivity index (χ4v) is 2.17. The highest BCUT2D eigenvalue weighted by molar-refractivity contribution is 5.77. The largest absolute Gasteiger partial charge is 0.444 e. The highest BCUT2D eigenvalue weighted by Gasteiger charge is 2.39. The van der Waals surface area contributed by atoms with Gasteiger partial charge in [-0.2, -0.15) is 0 Å². The van der Waals surface area contributed by atoms with Crippen LogP contribution in [-0.4, -0.2) is 59.3 Å². The van der Waals surface area contributed by atoms with Gasteiger partial charge in [0.05, 0.1) is 12.6 Å². The maximum atomic E-state index is 13.4. The van der Waals surface area contributed by atoms with Crippen molar-refractivity contribution < 1.29 is 28.2 Å². The third-order valence-corrected chi connectivity index (χ3v) is 3.12. The van der Waals surface area contributed by atoms with Gasteiger partial charge in [-0.15, -0.1) is 0 Å². The van der Waals surface area contributed by atoms with Gasteiger partial charge in [0.25, 0.3) is 5.92 Å². The normalized spacial score (nSPS) is 19.7. The maximum absolute atomic E-state index is 13.4. The molecule has 0 aromatic carbocycles. The quantitative estimate of drug-likeness (QED) is 0.804. The van der Waals surface area contributed by atoms with Crippen LogP contribution in [0.4, 0.5) is 13.6 Å². The lowest BCUT2D eigenvalue weighted by Crippen LogP contribution is -2.52. The Morgan fingerprint density at radius 1 is 1.50 bits per heavy atom. The monoisotopic (exact) mass is 322 g/mol. The zero-order chi connectivity index (χ0) is 17.0. The molecule has 8 heteroatoms. The predicted octanol–water partition coefficient (Wildman–Crippen LogP) is 1.52. The van der Waals surface area contributed by atoms with E-state index in [0.29, 0.717) is 0 Å². The smallest absolute Gasteiger partial charge is 0.407 e. The molecule has 0 unspecified atom stereocenters. The molecule has 6 nitrogen and oxygen atoms in total. The molecule has 0 spiro atoms. The number of nitrogens with one attached hydrogen (secondary N) is 1. The minimum absolute atomic E-state index is 0.0752. The van der Waals surface area contributed by atoms with Crippen molar-refractivity contribution in [2.24, 2.45) is 0 Å². The van der Waals surface area contributed by atoms with E-state index in [-0.39, 0.29) is 31.9 Å². The number of piperidine rings is 1. The summed E-state index contributed by atoms with van der Waals surface area (Å²) in [7, 11) is 0. The summed E-state index contributed by atoms with van der Waals surface area (Å²) in [6, 6.07) is -0.641. The number of rotatable bonds is 5. The Kier molecular flexibility index (Phi) is 6.10. The molecular formula is C14H24F2N2O4. The minimum atomic E-state index is -2.91. The average molecular weight is 322 g/mol. The zero-order valence-electron chi connectivity index (χ0n) is 13.2. The highest BCUT2D eigenvalue weighted by atomic mass is 19.3. The molecule has 2 amide bonds. The van der Waals surface area contributed by atoms with Gasteiger partial charge in [-0.05, 0) is 27.2 Å². The molecule has 0 aliphatic carbocycles. The first-order valence-electron chi connectivity index (χ1n) is 7.28. The summed E-state index contributed by atoms with van der Waals surface area (Å²) in [4.78, 5) is 24.5. The van der Waals surface area contributed by atoms with Crippen LogP contribution in [0.2, 0.25) is 0 Å². The summed E-state index contributed by atoms with van der Waals surface area (Å²) in [5, 5.41) is 11.5. The van der Waals surface area contributed by atoms with Crippen molar-refractivity contribution in [2.75, 3.05) is 19.7 Å². The molecule has 1 aliphatic heterocycles. The summed E-state index contributed by atoms with van der Waals surface area (Å²) in [6.45, 7) is 4.11. The first-order valence-corrected chi connectivity index (χ1v) is 7.28. The van der Waals surface area contributed by atoms with Gasteiger partial charge < -0.3 is 20.1 Å². The molecule has 0 bridgehead atoms. The lowest BCUT2D eigenvalue weighted by molar-refractivity contribution is -0.147. The van der Waals surface area contributed by atoms with Gasteiger partial charge in [0.15, 0.2) is 0 Å². The van der Waals surface area contributed by atoms with E-state index in [1.54, 1.807) is 20.8 Å². The fourth-order valence-electron chi connectivity index (χ4n) is 2.17.